The maximum atomic E-state index is 13.7. The van der Waals surface area contributed by atoms with Crippen molar-refractivity contribution in [3.8, 4) is 5.75 Å². The first-order valence-electron chi connectivity index (χ1n) is 8.97. The molecule has 1 amide bonds. The maximum absolute atomic E-state index is 13.7. The molecule has 1 aromatic carbocycles. The van der Waals surface area contributed by atoms with Crippen LogP contribution in [-0.4, -0.2) is 49.2 Å². The van der Waals surface area contributed by atoms with E-state index in [2.05, 4.69) is 20.2 Å². The van der Waals surface area contributed by atoms with Gasteiger partial charge < -0.3 is 19.9 Å². The number of nitrogens with zero attached hydrogens (tertiary/aromatic N) is 4. The molecule has 1 atom stereocenters. The molecule has 1 saturated heterocycles. The highest BCUT2D eigenvalue weighted by molar-refractivity contribution is 5.96. The van der Waals surface area contributed by atoms with Crippen molar-refractivity contribution in [1.82, 2.24) is 9.97 Å². The van der Waals surface area contributed by atoms with Gasteiger partial charge in [-0.15, -0.1) is 0 Å². The Bertz CT molecular complexity index is 808. The van der Waals surface area contributed by atoms with Crippen molar-refractivity contribution in [3.05, 3.63) is 36.3 Å². The van der Waals surface area contributed by atoms with Crippen LogP contribution in [0, 0.1) is 5.82 Å². The minimum atomic E-state index is -0.879. The van der Waals surface area contributed by atoms with Crippen LogP contribution >= 0.6 is 0 Å². The molecule has 3 rings (SSSR count). The van der Waals surface area contributed by atoms with E-state index in [0.717, 1.165) is 25.9 Å². The number of hydrogen-bond donors (Lipinski definition) is 1. The van der Waals surface area contributed by atoms with E-state index in [0.29, 0.717) is 17.5 Å². The van der Waals surface area contributed by atoms with E-state index in [-0.39, 0.29) is 5.75 Å². The molecule has 2 aromatic rings. The van der Waals surface area contributed by atoms with Crippen molar-refractivity contribution in [3.63, 3.8) is 0 Å². The van der Waals surface area contributed by atoms with E-state index in [1.807, 2.05) is 19.0 Å². The highest BCUT2D eigenvalue weighted by atomic mass is 19.1. The number of anilines is 3. The molecule has 1 fully saturated rings. The first-order valence-corrected chi connectivity index (χ1v) is 8.97. The normalized spacial score (nSPS) is 14.7. The maximum Gasteiger partial charge on any atom is 0.265 e. The van der Waals surface area contributed by atoms with Crippen LogP contribution < -0.4 is 19.9 Å². The van der Waals surface area contributed by atoms with E-state index < -0.39 is 17.8 Å². The quantitative estimate of drug-likeness (QED) is 0.840. The van der Waals surface area contributed by atoms with E-state index in [9.17, 15) is 9.18 Å². The third kappa shape index (κ3) is 4.45. The number of halogens is 1. The second-order valence-electron chi connectivity index (χ2n) is 6.68. The van der Waals surface area contributed by atoms with Crippen molar-refractivity contribution < 1.29 is 13.9 Å². The standard InChI is InChI=1S/C19H24FN5O2/c1-13(27-16-9-5-4-8-14(16)20)18(26)22-15-12-21-19(23-17(15)24(2)3)25-10-6-7-11-25/h4-5,8-9,12-13H,6-7,10-11H2,1-3H3,(H,22,26). The fourth-order valence-corrected chi connectivity index (χ4v) is 2.88. The van der Waals surface area contributed by atoms with Crippen LogP contribution in [0.3, 0.4) is 0 Å². The van der Waals surface area contributed by atoms with E-state index in [4.69, 9.17) is 4.74 Å². The molecule has 1 aliphatic heterocycles. The number of hydrogen-bond acceptors (Lipinski definition) is 6. The highest BCUT2D eigenvalue weighted by Crippen LogP contribution is 2.26. The molecule has 27 heavy (non-hydrogen) atoms. The van der Waals surface area contributed by atoms with E-state index in [1.54, 1.807) is 25.3 Å². The molecule has 8 heteroatoms. The third-order valence-electron chi connectivity index (χ3n) is 4.34. The van der Waals surface area contributed by atoms with Gasteiger partial charge in [0.05, 0.1) is 6.20 Å². The number of nitrogens with one attached hydrogen (secondary N) is 1. The van der Waals surface area contributed by atoms with E-state index >= 15 is 0 Å². The average molecular weight is 373 g/mol. The molecule has 1 aromatic heterocycles. The first-order chi connectivity index (χ1) is 13.0. The predicted octanol–water partition coefficient (Wildman–Crippen LogP) is 2.69. The molecule has 0 bridgehead atoms. The van der Waals surface area contributed by atoms with Gasteiger partial charge in [-0.3, -0.25) is 4.79 Å². The van der Waals surface area contributed by atoms with Crippen molar-refractivity contribution >= 4 is 23.4 Å². The summed E-state index contributed by atoms with van der Waals surface area (Å²) in [5, 5.41) is 2.78. The largest absolute Gasteiger partial charge is 0.478 e. The Morgan fingerprint density at radius 3 is 2.67 bits per heavy atom. The molecule has 1 N–H and O–H groups in total. The summed E-state index contributed by atoms with van der Waals surface area (Å²) in [6.45, 7) is 3.44. The summed E-state index contributed by atoms with van der Waals surface area (Å²) in [5.74, 6) is 0.389. The summed E-state index contributed by atoms with van der Waals surface area (Å²) in [4.78, 5) is 25.4. The van der Waals surface area contributed by atoms with Gasteiger partial charge >= 0.3 is 0 Å². The average Bonchev–Trinajstić information content (AvgIpc) is 3.18. The van der Waals surface area contributed by atoms with Gasteiger partial charge in [0.25, 0.3) is 5.91 Å². The van der Waals surface area contributed by atoms with Crippen LogP contribution in [0.5, 0.6) is 5.75 Å². The molecule has 1 aliphatic rings. The minimum Gasteiger partial charge on any atom is -0.478 e. The second-order valence-corrected chi connectivity index (χ2v) is 6.68. The van der Waals surface area contributed by atoms with Crippen molar-refractivity contribution in [2.24, 2.45) is 0 Å². The van der Waals surface area contributed by atoms with Crippen LogP contribution in [0.2, 0.25) is 0 Å². The molecule has 1 unspecified atom stereocenters. The minimum absolute atomic E-state index is 0.0358. The molecular weight excluding hydrogens is 349 g/mol. The lowest BCUT2D eigenvalue weighted by Gasteiger charge is -2.22. The lowest BCUT2D eigenvalue weighted by Crippen LogP contribution is -2.31. The molecule has 0 radical (unpaired) electrons. The predicted molar refractivity (Wildman–Crippen MR) is 103 cm³/mol. The van der Waals surface area contributed by atoms with E-state index in [1.165, 1.54) is 12.1 Å². The van der Waals surface area contributed by atoms with Crippen molar-refractivity contribution in [2.45, 2.75) is 25.9 Å². The summed E-state index contributed by atoms with van der Waals surface area (Å²) >= 11 is 0. The zero-order valence-corrected chi connectivity index (χ0v) is 15.8. The number of amides is 1. The topological polar surface area (TPSA) is 70.6 Å². The summed E-state index contributed by atoms with van der Waals surface area (Å²) in [5.41, 5.74) is 0.483. The zero-order chi connectivity index (χ0) is 19.4. The summed E-state index contributed by atoms with van der Waals surface area (Å²) in [7, 11) is 3.70. The number of aromatic nitrogens is 2. The zero-order valence-electron chi connectivity index (χ0n) is 15.8. The van der Waals surface area contributed by atoms with Gasteiger partial charge in [0.2, 0.25) is 5.95 Å². The second kappa shape index (κ2) is 8.20. The van der Waals surface area contributed by atoms with Gasteiger partial charge in [0.15, 0.2) is 23.5 Å². The number of benzene rings is 1. The number of carbonyl (C=O) groups is 1. The number of para-hydroxylation sites is 1. The Kier molecular flexibility index (Phi) is 5.73. The monoisotopic (exact) mass is 373 g/mol. The smallest absolute Gasteiger partial charge is 0.265 e. The Labute approximate surface area is 158 Å². The summed E-state index contributed by atoms with van der Waals surface area (Å²) in [6.07, 6.45) is 2.98. The fourth-order valence-electron chi connectivity index (χ4n) is 2.88. The van der Waals surface area contributed by atoms with Crippen LogP contribution in [-0.2, 0) is 4.79 Å². The third-order valence-corrected chi connectivity index (χ3v) is 4.34. The molecule has 0 spiro atoms. The highest BCUT2D eigenvalue weighted by Gasteiger charge is 2.21. The number of rotatable bonds is 6. The van der Waals surface area contributed by atoms with Crippen LogP contribution in [0.1, 0.15) is 19.8 Å². The van der Waals surface area contributed by atoms with Crippen LogP contribution in [0.4, 0.5) is 21.8 Å². The van der Waals surface area contributed by atoms with Crippen molar-refractivity contribution in [1.29, 1.82) is 0 Å². The van der Waals surface area contributed by atoms with Gasteiger partial charge in [0, 0.05) is 27.2 Å². The van der Waals surface area contributed by atoms with Crippen LogP contribution in [0.25, 0.3) is 0 Å². The molecule has 144 valence electrons. The molecular formula is C19H24FN5O2. The van der Waals surface area contributed by atoms with Gasteiger partial charge in [-0.2, -0.15) is 4.98 Å². The molecule has 2 heterocycles. The lowest BCUT2D eigenvalue weighted by molar-refractivity contribution is -0.122. The Balaban J connectivity index is 1.73. The summed E-state index contributed by atoms with van der Waals surface area (Å²) in [6, 6.07) is 5.99. The van der Waals surface area contributed by atoms with Crippen LogP contribution in [0.15, 0.2) is 30.5 Å². The van der Waals surface area contributed by atoms with Gasteiger partial charge in [-0.25, -0.2) is 9.37 Å². The molecule has 0 saturated carbocycles. The Morgan fingerprint density at radius 2 is 2.00 bits per heavy atom. The number of carbonyl (C=O) groups excluding carboxylic acids is 1. The lowest BCUT2D eigenvalue weighted by atomic mass is 10.3. The number of ether oxygens (including phenoxy) is 1. The molecule has 0 aliphatic carbocycles. The Morgan fingerprint density at radius 1 is 1.30 bits per heavy atom. The summed E-state index contributed by atoms with van der Waals surface area (Å²) < 4.78 is 19.1. The Hall–Kier alpha value is -2.90. The first kappa shape index (κ1) is 18.9. The fraction of sp³-hybridized carbons (Fsp3) is 0.421. The molecule has 7 nitrogen and oxygen atoms in total. The van der Waals surface area contributed by atoms with Gasteiger partial charge in [0.1, 0.15) is 5.69 Å². The van der Waals surface area contributed by atoms with Gasteiger partial charge in [-0.1, -0.05) is 12.1 Å². The van der Waals surface area contributed by atoms with Gasteiger partial charge in [-0.05, 0) is 31.9 Å². The SMILES string of the molecule is CC(Oc1ccccc1F)C(=O)Nc1cnc(N2CCCC2)nc1N(C)C. The van der Waals surface area contributed by atoms with Crippen molar-refractivity contribution in [2.75, 3.05) is 42.3 Å².